The van der Waals surface area contributed by atoms with Crippen LogP contribution in [0, 0.1) is 0 Å². The predicted molar refractivity (Wildman–Crippen MR) is 244 cm³/mol. The zero-order valence-corrected chi connectivity index (χ0v) is 32.1. The Morgan fingerprint density at radius 3 is 1.32 bits per heavy atom. The van der Waals surface area contributed by atoms with Crippen molar-refractivity contribution in [2.75, 3.05) is 0 Å². The summed E-state index contributed by atoms with van der Waals surface area (Å²) in [6, 6.07) is 77.1. The van der Waals surface area contributed by atoms with Crippen LogP contribution in [0.1, 0.15) is 0 Å². The molecule has 0 saturated carbocycles. The van der Waals surface area contributed by atoms with Gasteiger partial charge in [-0.25, -0.2) is 15.0 Å². The molecule has 0 aliphatic carbocycles. The molecule has 0 saturated heterocycles. The van der Waals surface area contributed by atoms with Crippen LogP contribution in [0.4, 0.5) is 0 Å². The Morgan fingerprint density at radius 2 is 0.695 bits per heavy atom. The van der Waals surface area contributed by atoms with Gasteiger partial charge in [-0.2, -0.15) is 0 Å². The van der Waals surface area contributed by atoms with Crippen molar-refractivity contribution >= 4 is 32.6 Å². The second-order valence-electron chi connectivity index (χ2n) is 14.9. The molecule has 11 aromatic rings. The van der Waals surface area contributed by atoms with Gasteiger partial charge in [-0.3, -0.25) is 0 Å². The van der Waals surface area contributed by atoms with Gasteiger partial charge in [0.05, 0.1) is 16.7 Å². The summed E-state index contributed by atoms with van der Waals surface area (Å²) in [7, 11) is 0. The third kappa shape index (κ3) is 6.34. The van der Waals surface area contributed by atoms with Crippen molar-refractivity contribution in [2.45, 2.75) is 0 Å². The van der Waals surface area contributed by atoms with E-state index >= 15 is 0 Å². The van der Waals surface area contributed by atoms with Gasteiger partial charge in [0.25, 0.3) is 0 Å². The Labute approximate surface area is 342 Å². The van der Waals surface area contributed by atoms with Gasteiger partial charge in [0.1, 0.15) is 0 Å². The molecule has 0 fully saturated rings. The van der Waals surface area contributed by atoms with Gasteiger partial charge in [0, 0.05) is 32.8 Å². The lowest BCUT2D eigenvalue weighted by atomic mass is 9.99. The maximum Gasteiger partial charge on any atom is 0.164 e. The average Bonchev–Trinajstić information content (AvgIpc) is 3.65. The van der Waals surface area contributed by atoms with Crippen molar-refractivity contribution in [3.05, 3.63) is 218 Å². The van der Waals surface area contributed by atoms with E-state index in [1.807, 2.05) is 24.3 Å². The molecule has 0 atom stereocenters. The molecule has 0 bridgehead atoms. The Kier molecular flexibility index (Phi) is 8.45. The second-order valence-corrected chi connectivity index (χ2v) is 14.9. The molecule has 0 amide bonds. The summed E-state index contributed by atoms with van der Waals surface area (Å²) < 4.78 is 2.40. The van der Waals surface area contributed by atoms with Gasteiger partial charge in [0.15, 0.2) is 17.5 Å². The number of rotatable bonds is 7. The average molecular weight is 753 g/mol. The highest BCUT2D eigenvalue weighted by molar-refractivity contribution is 6.12. The quantitative estimate of drug-likeness (QED) is 0.163. The number of hydrogen-bond donors (Lipinski definition) is 0. The van der Waals surface area contributed by atoms with Crippen molar-refractivity contribution in [1.29, 1.82) is 0 Å². The molecule has 9 aromatic carbocycles. The summed E-state index contributed by atoms with van der Waals surface area (Å²) in [6.45, 7) is 0. The minimum Gasteiger partial charge on any atom is -0.309 e. The molecule has 0 spiro atoms. The largest absolute Gasteiger partial charge is 0.309 e. The van der Waals surface area contributed by atoms with Crippen molar-refractivity contribution in [3.8, 4) is 73.2 Å². The molecule has 2 aromatic heterocycles. The molecule has 0 radical (unpaired) electrons. The Morgan fingerprint density at radius 1 is 0.254 bits per heavy atom. The zero-order valence-electron chi connectivity index (χ0n) is 32.1. The summed E-state index contributed by atoms with van der Waals surface area (Å²) in [6.07, 6.45) is 0. The topological polar surface area (TPSA) is 43.6 Å². The molecule has 0 aliphatic rings. The molecular formula is C55H36N4. The van der Waals surface area contributed by atoms with Gasteiger partial charge < -0.3 is 4.57 Å². The van der Waals surface area contributed by atoms with Crippen LogP contribution < -0.4 is 0 Å². The van der Waals surface area contributed by atoms with E-state index in [2.05, 4.69) is 199 Å². The molecule has 4 nitrogen and oxygen atoms in total. The molecule has 11 rings (SSSR count). The fourth-order valence-electron chi connectivity index (χ4n) is 8.28. The lowest BCUT2D eigenvalue weighted by Gasteiger charge is -2.13. The minimum atomic E-state index is 0.622. The van der Waals surface area contributed by atoms with Crippen molar-refractivity contribution in [2.24, 2.45) is 0 Å². The summed E-state index contributed by atoms with van der Waals surface area (Å²) in [5, 5.41) is 4.73. The van der Waals surface area contributed by atoms with Gasteiger partial charge in [-0.1, -0.05) is 194 Å². The van der Waals surface area contributed by atoms with E-state index in [0.29, 0.717) is 17.5 Å². The Bertz CT molecular complexity index is 3280. The van der Waals surface area contributed by atoms with E-state index in [1.54, 1.807) is 0 Å². The molecule has 0 unspecified atom stereocenters. The summed E-state index contributed by atoms with van der Waals surface area (Å²) in [5.74, 6) is 1.89. The van der Waals surface area contributed by atoms with E-state index < -0.39 is 0 Å². The first kappa shape index (κ1) is 34.3. The molecule has 59 heavy (non-hydrogen) atoms. The number of nitrogens with zero attached hydrogens (tertiary/aromatic N) is 4. The normalized spacial score (nSPS) is 11.4. The first-order chi connectivity index (χ1) is 29.2. The SMILES string of the molecule is c1ccc(-c2ccc(-c3ccc4c(c3)c3ccc(-c5nc(-c6ccccc6)nc(-c6ccc(-c7ccccc7)cc6)n5)cc3n4-c3cccc4ccccc34)cc2)cc1. The van der Waals surface area contributed by atoms with Gasteiger partial charge in [0.2, 0.25) is 0 Å². The number of fused-ring (bicyclic) bond motifs is 4. The van der Waals surface area contributed by atoms with Crippen LogP contribution in [0.3, 0.4) is 0 Å². The van der Waals surface area contributed by atoms with Gasteiger partial charge >= 0.3 is 0 Å². The first-order valence-electron chi connectivity index (χ1n) is 19.9. The van der Waals surface area contributed by atoms with E-state index in [0.717, 1.165) is 44.4 Å². The van der Waals surface area contributed by atoms with Gasteiger partial charge in [-0.05, 0) is 63.0 Å². The summed E-state index contributed by atoms with van der Waals surface area (Å²) >= 11 is 0. The summed E-state index contributed by atoms with van der Waals surface area (Å²) in [4.78, 5) is 15.3. The fraction of sp³-hybridized carbons (Fsp3) is 0. The van der Waals surface area contributed by atoms with Crippen LogP contribution in [-0.4, -0.2) is 19.5 Å². The molecule has 276 valence electrons. The van der Waals surface area contributed by atoms with Crippen molar-refractivity contribution in [3.63, 3.8) is 0 Å². The number of aromatic nitrogens is 4. The van der Waals surface area contributed by atoms with E-state index in [-0.39, 0.29) is 0 Å². The van der Waals surface area contributed by atoms with Crippen LogP contribution in [0.15, 0.2) is 218 Å². The van der Waals surface area contributed by atoms with Crippen molar-refractivity contribution < 1.29 is 0 Å². The van der Waals surface area contributed by atoms with Crippen LogP contribution in [0.5, 0.6) is 0 Å². The molecule has 2 heterocycles. The molecular weight excluding hydrogens is 717 g/mol. The second kappa shape index (κ2) is 14.5. The predicted octanol–water partition coefficient (Wildman–Crippen LogP) is 14.1. The number of hydrogen-bond acceptors (Lipinski definition) is 3. The van der Waals surface area contributed by atoms with Crippen LogP contribution in [0.25, 0.3) is 106 Å². The summed E-state index contributed by atoms with van der Waals surface area (Å²) in [5.41, 5.74) is 13.2. The monoisotopic (exact) mass is 752 g/mol. The lowest BCUT2D eigenvalue weighted by molar-refractivity contribution is 1.07. The van der Waals surface area contributed by atoms with E-state index in [1.165, 1.54) is 44.0 Å². The molecule has 0 aliphatic heterocycles. The standard InChI is InChI=1S/C55H36N4/c1-4-13-37(14-5-1)39-23-25-41(26-24-39)45-32-34-51-49(35-45)48-33-31-46(36-52(48)59(51)50-22-12-20-42-17-10-11-21-47(42)50)55-57-53(43-18-8-3-9-19-43)56-54(58-55)44-29-27-40(28-30-44)38-15-6-2-7-16-38/h1-36H. The Hall–Kier alpha value is -7.95. The fourth-order valence-corrected chi connectivity index (χ4v) is 8.28. The third-order valence-corrected chi connectivity index (χ3v) is 11.3. The maximum absolute atomic E-state index is 5.17. The maximum atomic E-state index is 5.17. The number of benzene rings is 9. The smallest absolute Gasteiger partial charge is 0.164 e. The lowest BCUT2D eigenvalue weighted by Crippen LogP contribution is -2.00. The van der Waals surface area contributed by atoms with Crippen LogP contribution in [0.2, 0.25) is 0 Å². The zero-order chi connectivity index (χ0) is 39.1. The van der Waals surface area contributed by atoms with E-state index in [9.17, 15) is 0 Å². The minimum absolute atomic E-state index is 0.622. The van der Waals surface area contributed by atoms with E-state index in [4.69, 9.17) is 15.0 Å². The third-order valence-electron chi connectivity index (χ3n) is 11.3. The Balaban J connectivity index is 1.09. The van der Waals surface area contributed by atoms with Crippen molar-refractivity contribution in [1.82, 2.24) is 19.5 Å². The van der Waals surface area contributed by atoms with Crippen LogP contribution >= 0.6 is 0 Å². The molecule has 0 N–H and O–H groups in total. The molecule has 4 heteroatoms. The van der Waals surface area contributed by atoms with Crippen LogP contribution in [-0.2, 0) is 0 Å². The highest BCUT2D eigenvalue weighted by Gasteiger charge is 2.19. The highest BCUT2D eigenvalue weighted by atomic mass is 15.0. The highest BCUT2D eigenvalue weighted by Crippen LogP contribution is 2.39. The first-order valence-corrected chi connectivity index (χ1v) is 19.9. The van der Waals surface area contributed by atoms with Gasteiger partial charge in [-0.15, -0.1) is 0 Å².